The second-order valence-corrected chi connectivity index (χ2v) is 8.71. The van der Waals surface area contributed by atoms with E-state index in [1.165, 1.54) is 5.56 Å². The molecule has 0 fully saturated rings. The van der Waals surface area contributed by atoms with Crippen LogP contribution in [0.3, 0.4) is 0 Å². The summed E-state index contributed by atoms with van der Waals surface area (Å²) < 4.78 is 11.8. The molecule has 0 radical (unpaired) electrons. The molecule has 2 aromatic carbocycles. The molecule has 2 rings (SSSR count). The Labute approximate surface area is 153 Å². The second-order valence-electron chi connectivity index (χ2n) is 8.71. The molecule has 0 atom stereocenters. The van der Waals surface area contributed by atoms with E-state index in [4.69, 9.17) is 9.47 Å². The first-order valence-electron chi connectivity index (χ1n) is 9.15. The maximum Gasteiger partial charge on any atom is 0.119 e. The molecule has 2 aromatic rings. The highest BCUT2D eigenvalue weighted by Crippen LogP contribution is 2.28. The van der Waals surface area contributed by atoms with Crippen LogP contribution in [0.2, 0.25) is 0 Å². The zero-order valence-corrected chi connectivity index (χ0v) is 16.6. The van der Waals surface area contributed by atoms with E-state index >= 15 is 0 Å². The third-order valence-corrected chi connectivity index (χ3v) is 4.28. The van der Waals surface area contributed by atoms with Crippen molar-refractivity contribution in [2.24, 2.45) is 10.8 Å². The Morgan fingerprint density at radius 1 is 0.720 bits per heavy atom. The van der Waals surface area contributed by atoms with Crippen molar-refractivity contribution >= 4 is 0 Å². The first-order chi connectivity index (χ1) is 11.7. The van der Waals surface area contributed by atoms with Gasteiger partial charge in [-0.1, -0.05) is 65.8 Å². The van der Waals surface area contributed by atoms with Crippen LogP contribution in [0.25, 0.3) is 11.1 Å². The van der Waals surface area contributed by atoms with Crippen molar-refractivity contribution in [2.45, 2.75) is 48.0 Å². The minimum Gasteiger partial charge on any atom is -0.493 e. The maximum absolute atomic E-state index is 6.00. The van der Waals surface area contributed by atoms with E-state index in [2.05, 4.69) is 65.8 Å². The van der Waals surface area contributed by atoms with Gasteiger partial charge < -0.3 is 9.47 Å². The van der Waals surface area contributed by atoms with Crippen LogP contribution in [0.5, 0.6) is 11.5 Å². The molecule has 0 amide bonds. The third-order valence-electron chi connectivity index (χ3n) is 4.28. The van der Waals surface area contributed by atoms with Crippen molar-refractivity contribution in [1.29, 1.82) is 0 Å². The Morgan fingerprint density at radius 3 is 1.96 bits per heavy atom. The van der Waals surface area contributed by atoms with Crippen molar-refractivity contribution in [2.75, 3.05) is 13.2 Å². The molecule has 0 aliphatic heterocycles. The van der Waals surface area contributed by atoms with Crippen molar-refractivity contribution in [3.05, 3.63) is 48.5 Å². The molecular weight excluding hydrogens is 308 g/mol. The van der Waals surface area contributed by atoms with E-state index in [0.29, 0.717) is 6.61 Å². The van der Waals surface area contributed by atoms with E-state index < -0.39 is 0 Å². The molecular formula is C23H32O2. The highest BCUT2D eigenvalue weighted by molar-refractivity contribution is 5.65. The highest BCUT2D eigenvalue weighted by Gasteiger charge is 2.16. The zero-order valence-electron chi connectivity index (χ0n) is 16.6. The van der Waals surface area contributed by atoms with Crippen LogP contribution in [0.1, 0.15) is 48.0 Å². The van der Waals surface area contributed by atoms with Crippen molar-refractivity contribution in [1.82, 2.24) is 0 Å². The first-order valence-corrected chi connectivity index (χ1v) is 9.15. The van der Waals surface area contributed by atoms with Crippen molar-refractivity contribution in [3.63, 3.8) is 0 Å². The molecule has 0 bridgehead atoms. The summed E-state index contributed by atoms with van der Waals surface area (Å²) in [7, 11) is 0. The number of ether oxygens (including phenoxy) is 2. The number of hydrogen-bond acceptors (Lipinski definition) is 2. The van der Waals surface area contributed by atoms with Crippen molar-refractivity contribution < 1.29 is 9.47 Å². The largest absolute Gasteiger partial charge is 0.493 e. The Hall–Kier alpha value is -1.96. The van der Waals surface area contributed by atoms with Crippen LogP contribution in [0.4, 0.5) is 0 Å². The van der Waals surface area contributed by atoms with E-state index in [1.807, 2.05) is 24.3 Å². The molecule has 0 aromatic heterocycles. The molecule has 0 spiro atoms. The first kappa shape index (κ1) is 19.4. The number of benzene rings is 2. The topological polar surface area (TPSA) is 18.5 Å². The second kappa shape index (κ2) is 7.95. The van der Waals surface area contributed by atoms with Gasteiger partial charge in [0.05, 0.1) is 13.2 Å². The molecule has 0 aliphatic rings. The smallest absolute Gasteiger partial charge is 0.119 e. The predicted octanol–water partition coefficient (Wildman–Crippen LogP) is 6.59. The average Bonchev–Trinajstić information content (AvgIpc) is 2.58. The molecule has 0 heterocycles. The molecule has 0 saturated heterocycles. The minimum atomic E-state index is 0.163. The SMILES string of the molecule is CCC(C)(C)COc1cccc(-c2ccc(OCC(C)(C)C)cc2)c1. The summed E-state index contributed by atoms with van der Waals surface area (Å²) in [5, 5.41) is 0. The summed E-state index contributed by atoms with van der Waals surface area (Å²) in [6, 6.07) is 16.6. The van der Waals surface area contributed by atoms with Gasteiger partial charge >= 0.3 is 0 Å². The molecule has 0 unspecified atom stereocenters. The number of hydrogen-bond donors (Lipinski definition) is 0. The summed E-state index contributed by atoms with van der Waals surface area (Å²) >= 11 is 0. The molecule has 25 heavy (non-hydrogen) atoms. The van der Waals surface area contributed by atoms with Gasteiger partial charge in [-0.05, 0) is 52.6 Å². The average molecular weight is 341 g/mol. The fourth-order valence-corrected chi connectivity index (χ4v) is 2.19. The summed E-state index contributed by atoms with van der Waals surface area (Å²) in [6.07, 6.45) is 1.10. The Morgan fingerprint density at radius 2 is 1.36 bits per heavy atom. The molecule has 136 valence electrons. The van der Waals surface area contributed by atoms with Gasteiger partial charge in [-0.2, -0.15) is 0 Å². The lowest BCUT2D eigenvalue weighted by Crippen LogP contribution is -2.20. The van der Waals surface area contributed by atoms with Crippen LogP contribution < -0.4 is 9.47 Å². The summed E-state index contributed by atoms with van der Waals surface area (Å²) in [5.41, 5.74) is 2.69. The van der Waals surface area contributed by atoms with E-state index in [1.54, 1.807) is 0 Å². The van der Waals surface area contributed by atoms with Gasteiger partial charge in [0.15, 0.2) is 0 Å². The molecule has 2 nitrogen and oxygen atoms in total. The standard InChI is InChI=1S/C23H32O2/c1-7-23(5,6)17-25-21-10-8-9-19(15-21)18-11-13-20(14-12-18)24-16-22(2,3)4/h8-15H,7,16-17H2,1-6H3. The molecule has 0 saturated carbocycles. The minimum absolute atomic E-state index is 0.163. The summed E-state index contributed by atoms with van der Waals surface area (Å²) in [6.45, 7) is 14.6. The van der Waals surface area contributed by atoms with Gasteiger partial charge in [0.1, 0.15) is 11.5 Å². The van der Waals surface area contributed by atoms with E-state index in [0.717, 1.165) is 30.1 Å². The summed E-state index contributed by atoms with van der Waals surface area (Å²) in [5.74, 6) is 1.84. The molecule has 0 aliphatic carbocycles. The van der Waals surface area contributed by atoms with Crippen molar-refractivity contribution in [3.8, 4) is 22.6 Å². The van der Waals surface area contributed by atoms with Crippen LogP contribution in [0.15, 0.2) is 48.5 Å². The third kappa shape index (κ3) is 6.45. The number of rotatable bonds is 7. The van der Waals surface area contributed by atoms with Gasteiger partial charge in [-0.25, -0.2) is 0 Å². The van der Waals surface area contributed by atoms with Crippen LogP contribution >= 0.6 is 0 Å². The fourth-order valence-electron chi connectivity index (χ4n) is 2.19. The highest BCUT2D eigenvalue weighted by atomic mass is 16.5. The Kier molecular flexibility index (Phi) is 6.16. The van der Waals surface area contributed by atoms with Crippen LogP contribution in [-0.2, 0) is 0 Å². The molecule has 0 N–H and O–H groups in total. The maximum atomic E-state index is 6.00. The zero-order chi connectivity index (χ0) is 18.5. The lowest BCUT2D eigenvalue weighted by atomic mass is 9.92. The van der Waals surface area contributed by atoms with Gasteiger partial charge in [0.25, 0.3) is 0 Å². The van der Waals surface area contributed by atoms with Crippen LogP contribution in [-0.4, -0.2) is 13.2 Å². The quantitative estimate of drug-likeness (QED) is 0.566. The lowest BCUT2D eigenvalue weighted by molar-refractivity contribution is 0.175. The fraction of sp³-hybridized carbons (Fsp3) is 0.478. The normalized spacial score (nSPS) is 12.1. The Balaban J connectivity index is 2.05. The van der Waals surface area contributed by atoms with Gasteiger partial charge in [0.2, 0.25) is 0 Å². The lowest BCUT2D eigenvalue weighted by Gasteiger charge is -2.22. The molecule has 2 heteroatoms. The Bertz CT molecular complexity index is 663. The van der Waals surface area contributed by atoms with Gasteiger partial charge in [-0.15, -0.1) is 0 Å². The van der Waals surface area contributed by atoms with Crippen LogP contribution in [0, 0.1) is 10.8 Å². The van der Waals surface area contributed by atoms with E-state index in [9.17, 15) is 0 Å². The van der Waals surface area contributed by atoms with E-state index in [-0.39, 0.29) is 10.8 Å². The van der Waals surface area contributed by atoms with Gasteiger partial charge in [0, 0.05) is 0 Å². The monoisotopic (exact) mass is 340 g/mol. The predicted molar refractivity (Wildman–Crippen MR) is 106 cm³/mol. The summed E-state index contributed by atoms with van der Waals surface area (Å²) in [4.78, 5) is 0. The van der Waals surface area contributed by atoms with Gasteiger partial charge in [-0.3, -0.25) is 0 Å².